The SMILES string of the molecule is CCC(C)[C@H](N)c1cc(Cl)ccc1[N+](=O)[O-].Cl. The Bertz CT molecular complexity index is 399. The first-order valence-electron chi connectivity index (χ1n) is 5.16. The van der Waals surface area contributed by atoms with E-state index in [2.05, 4.69) is 0 Å². The summed E-state index contributed by atoms with van der Waals surface area (Å²) in [5.41, 5.74) is 6.54. The molecule has 0 aliphatic heterocycles. The Labute approximate surface area is 112 Å². The number of hydrogen-bond donors (Lipinski definition) is 1. The summed E-state index contributed by atoms with van der Waals surface area (Å²) >= 11 is 5.84. The molecule has 0 amide bonds. The van der Waals surface area contributed by atoms with Crippen LogP contribution in [0, 0.1) is 16.0 Å². The van der Waals surface area contributed by atoms with Gasteiger partial charge < -0.3 is 5.73 Å². The Balaban J connectivity index is 0.00000256. The van der Waals surface area contributed by atoms with Gasteiger partial charge in [-0.05, 0) is 18.1 Å². The number of nitro benzene ring substituents is 1. The summed E-state index contributed by atoms with van der Waals surface area (Å²) in [6.45, 7) is 3.97. The third-order valence-corrected chi connectivity index (χ3v) is 3.04. The minimum Gasteiger partial charge on any atom is -0.324 e. The number of rotatable bonds is 4. The van der Waals surface area contributed by atoms with E-state index in [1.54, 1.807) is 6.07 Å². The quantitative estimate of drug-likeness (QED) is 0.674. The Morgan fingerprint density at radius 2 is 2.12 bits per heavy atom. The summed E-state index contributed by atoms with van der Waals surface area (Å²) in [7, 11) is 0. The number of benzene rings is 1. The highest BCUT2D eigenvalue weighted by Crippen LogP contribution is 2.31. The van der Waals surface area contributed by atoms with Crippen LogP contribution in [0.4, 0.5) is 5.69 Å². The van der Waals surface area contributed by atoms with Crippen LogP contribution in [0.25, 0.3) is 0 Å². The topological polar surface area (TPSA) is 69.2 Å². The van der Waals surface area contributed by atoms with Gasteiger partial charge in [0.15, 0.2) is 0 Å². The third-order valence-electron chi connectivity index (χ3n) is 2.80. The van der Waals surface area contributed by atoms with Crippen LogP contribution in [0.1, 0.15) is 31.9 Å². The molecule has 17 heavy (non-hydrogen) atoms. The molecule has 1 rings (SSSR count). The first-order chi connectivity index (χ1) is 7.47. The van der Waals surface area contributed by atoms with Crippen molar-refractivity contribution in [2.24, 2.45) is 11.7 Å². The Kier molecular flexibility index (Phi) is 6.45. The Hall–Kier alpha value is -0.840. The van der Waals surface area contributed by atoms with Gasteiger partial charge in [-0.15, -0.1) is 12.4 Å². The highest BCUT2D eigenvalue weighted by atomic mass is 35.5. The molecular weight excluding hydrogens is 263 g/mol. The van der Waals surface area contributed by atoms with Crippen molar-refractivity contribution in [2.75, 3.05) is 0 Å². The molecule has 0 heterocycles. The van der Waals surface area contributed by atoms with E-state index in [1.807, 2.05) is 13.8 Å². The average Bonchev–Trinajstić information content (AvgIpc) is 2.26. The fourth-order valence-corrected chi connectivity index (χ4v) is 1.70. The van der Waals surface area contributed by atoms with Gasteiger partial charge in [-0.3, -0.25) is 10.1 Å². The lowest BCUT2D eigenvalue weighted by atomic mass is 9.92. The van der Waals surface area contributed by atoms with E-state index in [-0.39, 0.29) is 30.1 Å². The standard InChI is InChI=1S/C11H15ClN2O2.ClH/c1-3-7(2)11(13)9-6-8(12)4-5-10(9)14(15)16;/h4-7,11H,3,13H2,1-2H3;1H/t7?,11-;/m0./s1. The lowest BCUT2D eigenvalue weighted by Gasteiger charge is -2.18. The average molecular weight is 279 g/mol. The second-order valence-electron chi connectivity index (χ2n) is 3.87. The van der Waals surface area contributed by atoms with Crippen molar-refractivity contribution in [1.82, 2.24) is 0 Å². The van der Waals surface area contributed by atoms with Crippen LogP contribution in [0.15, 0.2) is 18.2 Å². The molecule has 0 spiro atoms. The molecule has 0 fully saturated rings. The lowest BCUT2D eigenvalue weighted by molar-refractivity contribution is -0.385. The third kappa shape index (κ3) is 3.84. The Morgan fingerprint density at radius 3 is 2.59 bits per heavy atom. The van der Waals surface area contributed by atoms with Gasteiger partial charge >= 0.3 is 0 Å². The summed E-state index contributed by atoms with van der Waals surface area (Å²) in [5.74, 6) is 0.178. The van der Waals surface area contributed by atoms with Gasteiger partial charge in [0.2, 0.25) is 0 Å². The first-order valence-corrected chi connectivity index (χ1v) is 5.54. The van der Waals surface area contributed by atoms with Crippen molar-refractivity contribution in [3.05, 3.63) is 38.9 Å². The molecule has 0 aliphatic carbocycles. The molecule has 6 heteroatoms. The smallest absolute Gasteiger partial charge is 0.274 e. The van der Waals surface area contributed by atoms with E-state index in [0.29, 0.717) is 10.6 Å². The van der Waals surface area contributed by atoms with Crippen LogP contribution in [-0.4, -0.2) is 4.92 Å². The second kappa shape index (κ2) is 6.79. The molecule has 0 aromatic heterocycles. The molecule has 0 aliphatic rings. The van der Waals surface area contributed by atoms with Crippen molar-refractivity contribution in [1.29, 1.82) is 0 Å². The van der Waals surface area contributed by atoms with Gasteiger partial charge in [-0.2, -0.15) is 0 Å². The molecule has 2 atom stereocenters. The maximum absolute atomic E-state index is 10.9. The fourth-order valence-electron chi connectivity index (χ4n) is 1.52. The fraction of sp³-hybridized carbons (Fsp3) is 0.455. The molecule has 1 unspecified atom stereocenters. The van der Waals surface area contributed by atoms with Gasteiger partial charge in [-0.1, -0.05) is 31.9 Å². The lowest BCUT2D eigenvalue weighted by Crippen LogP contribution is -2.19. The summed E-state index contributed by atoms with van der Waals surface area (Å²) in [6, 6.07) is 4.13. The summed E-state index contributed by atoms with van der Waals surface area (Å²) in [6.07, 6.45) is 0.866. The van der Waals surface area contributed by atoms with Gasteiger partial charge in [0.05, 0.1) is 4.92 Å². The highest BCUT2D eigenvalue weighted by molar-refractivity contribution is 6.30. The minimum atomic E-state index is -0.423. The van der Waals surface area contributed by atoms with Crippen molar-refractivity contribution >= 4 is 29.7 Å². The molecule has 0 saturated heterocycles. The predicted molar refractivity (Wildman–Crippen MR) is 71.7 cm³/mol. The number of halogens is 2. The summed E-state index contributed by atoms with van der Waals surface area (Å²) in [4.78, 5) is 10.4. The van der Waals surface area contributed by atoms with E-state index in [4.69, 9.17) is 17.3 Å². The maximum Gasteiger partial charge on any atom is 0.274 e. The molecule has 1 aromatic carbocycles. The molecule has 1 aromatic rings. The second-order valence-corrected chi connectivity index (χ2v) is 4.31. The van der Waals surface area contributed by atoms with Crippen LogP contribution < -0.4 is 5.73 Å². The largest absolute Gasteiger partial charge is 0.324 e. The molecule has 2 N–H and O–H groups in total. The molecule has 0 radical (unpaired) electrons. The van der Waals surface area contributed by atoms with E-state index >= 15 is 0 Å². The number of nitrogens with zero attached hydrogens (tertiary/aromatic N) is 1. The van der Waals surface area contributed by atoms with Gasteiger partial charge in [0.25, 0.3) is 5.69 Å². The van der Waals surface area contributed by atoms with Crippen LogP contribution in [-0.2, 0) is 0 Å². The van der Waals surface area contributed by atoms with Crippen molar-refractivity contribution in [3.8, 4) is 0 Å². The number of nitrogens with two attached hydrogens (primary N) is 1. The summed E-state index contributed by atoms with van der Waals surface area (Å²) < 4.78 is 0. The zero-order chi connectivity index (χ0) is 12.3. The highest BCUT2D eigenvalue weighted by Gasteiger charge is 2.22. The van der Waals surface area contributed by atoms with E-state index < -0.39 is 4.92 Å². The van der Waals surface area contributed by atoms with Crippen LogP contribution >= 0.6 is 24.0 Å². The van der Waals surface area contributed by atoms with E-state index in [1.165, 1.54) is 12.1 Å². The van der Waals surface area contributed by atoms with Crippen LogP contribution in [0.3, 0.4) is 0 Å². The molecule has 4 nitrogen and oxygen atoms in total. The predicted octanol–water partition coefficient (Wildman–Crippen LogP) is 3.72. The monoisotopic (exact) mass is 278 g/mol. The summed E-state index contributed by atoms with van der Waals surface area (Å²) in [5, 5.41) is 11.3. The normalized spacial score (nSPS) is 13.6. The zero-order valence-electron chi connectivity index (χ0n) is 9.72. The van der Waals surface area contributed by atoms with Crippen molar-refractivity contribution in [2.45, 2.75) is 26.3 Å². The molecular formula is C11H16Cl2N2O2. The first kappa shape index (κ1) is 16.2. The number of hydrogen-bond acceptors (Lipinski definition) is 3. The molecule has 0 bridgehead atoms. The molecule has 0 saturated carbocycles. The zero-order valence-corrected chi connectivity index (χ0v) is 11.3. The van der Waals surface area contributed by atoms with Crippen LogP contribution in [0.2, 0.25) is 5.02 Å². The minimum absolute atomic E-state index is 0. The Morgan fingerprint density at radius 1 is 1.53 bits per heavy atom. The van der Waals surface area contributed by atoms with E-state index in [9.17, 15) is 10.1 Å². The molecule has 96 valence electrons. The van der Waals surface area contributed by atoms with Gasteiger partial charge in [-0.25, -0.2) is 0 Å². The van der Waals surface area contributed by atoms with Gasteiger partial charge in [0, 0.05) is 22.7 Å². The van der Waals surface area contributed by atoms with Crippen LogP contribution in [0.5, 0.6) is 0 Å². The van der Waals surface area contributed by atoms with Crippen molar-refractivity contribution in [3.63, 3.8) is 0 Å². The van der Waals surface area contributed by atoms with Crippen molar-refractivity contribution < 1.29 is 4.92 Å². The maximum atomic E-state index is 10.9. The van der Waals surface area contributed by atoms with E-state index in [0.717, 1.165) is 6.42 Å². The van der Waals surface area contributed by atoms with Gasteiger partial charge in [0.1, 0.15) is 0 Å². The number of nitro groups is 1.